The highest BCUT2D eigenvalue weighted by Gasteiger charge is 2.47. The number of carbonyl (C=O) groups is 1. The Bertz CT molecular complexity index is 727. The molecule has 0 amide bonds. The van der Waals surface area contributed by atoms with E-state index in [-0.39, 0.29) is 23.1 Å². The van der Waals surface area contributed by atoms with Crippen LogP contribution in [0.25, 0.3) is 0 Å². The topological polar surface area (TPSA) is 52.6 Å². The van der Waals surface area contributed by atoms with E-state index in [0.29, 0.717) is 17.9 Å². The molecular weight excluding hydrogens is 336 g/mol. The maximum absolute atomic E-state index is 12.1. The molecule has 1 saturated heterocycles. The van der Waals surface area contributed by atoms with E-state index in [1.165, 1.54) is 0 Å². The summed E-state index contributed by atoms with van der Waals surface area (Å²) in [6, 6.07) is 16.5. The SMILES string of the molecule is CCC[C@H]1[C@@H](COc2ccc(C(=O)OCc3ccccc3)cc2)S1=O. The molecule has 0 N–H and O–H groups in total. The van der Waals surface area contributed by atoms with Gasteiger partial charge in [0.05, 0.1) is 16.1 Å². The van der Waals surface area contributed by atoms with Gasteiger partial charge in [-0.15, -0.1) is 0 Å². The van der Waals surface area contributed by atoms with Gasteiger partial charge in [0.25, 0.3) is 0 Å². The van der Waals surface area contributed by atoms with Crippen LogP contribution in [-0.4, -0.2) is 27.3 Å². The summed E-state index contributed by atoms with van der Waals surface area (Å²) in [5, 5.41) is 0.438. The van der Waals surface area contributed by atoms with Gasteiger partial charge in [-0.05, 0) is 36.2 Å². The summed E-state index contributed by atoms with van der Waals surface area (Å²) < 4.78 is 22.7. The predicted octanol–water partition coefficient (Wildman–Crippen LogP) is 3.72. The predicted molar refractivity (Wildman–Crippen MR) is 98.1 cm³/mol. The molecule has 0 aromatic heterocycles. The van der Waals surface area contributed by atoms with Crippen molar-refractivity contribution in [2.45, 2.75) is 36.9 Å². The Morgan fingerprint density at radius 1 is 1.04 bits per heavy atom. The second kappa shape index (κ2) is 8.30. The van der Waals surface area contributed by atoms with Crippen molar-refractivity contribution < 1.29 is 18.5 Å². The van der Waals surface area contributed by atoms with E-state index in [1.807, 2.05) is 30.3 Å². The first-order valence-electron chi connectivity index (χ1n) is 8.52. The molecule has 0 bridgehead atoms. The minimum absolute atomic E-state index is 0.149. The van der Waals surface area contributed by atoms with E-state index in [9.17, 15) is 9.00 Å². The molecule has 0 saturated carbocycles. The Hall–Kier alpha value is -2.14. The zero-order valence-corrected chi connectivity index (χ0v) is 15.0. The van der Waals surface area contributed by atoms with Crippen LogP contribution in [0.3, 0.4) is 0 Å². The lowest BCUT2D eigenvalue weighted by atomic mass is 10.2. The second-order valence-corrected chi connectivity index (χ2v) is 7.96. The van der Waals surface area contributed by atoms with Crippen molar-refractivity contribution in [2.24, 2.45) is 0 Å². The quantitative estimate of drug-likeness (QED) is 0.533. The smallest absolute Gasteiger partial charge is 0.338 e. The summed E-state index contributed by atoms with van der Waals surface area (Å²) in [5.41, 5.74) is 1.44. The molecule has 0 aliphatic carbocycles. The monoisotopic (exact) mass is 358 g/mol. The van der Waals surface area contributed by atoms with Gasteiger partial charge in [-0.2, -0.15) is 0 Å². The van der Waals surface area contributed by atoms with Crippen molar-refractivity contribution in [2.75, 3.05) is 6.61 Å². The summed E-state index contributed by atoms with van der Waals surface area (Å²) in [6.45, 7) is 2.82. The normalized spacial score (nSPS) is 21.6. The largest absolute Gasteiger partial charge is 0.492 e. The van der Waals surface area contributed by atoms with Gasteiger partial charge in [0.2, 0.25) is 0 Å². The molecule has 1 aliphatic heterocycles. The molecule has 3 rings (SSSR count). The Balaban J connectivity index is 1.47. The van der Waals surface area contributed by atoms with Crippen molar-refractivity contribution in [3.05, 3.63) is 65.7 Å². The Morgan fingerprint density at radius 2 is 1.76 bits per heavy atom. The summed E-state index contributed by atoms with van der Waals surface area (Å²) >= 11 is 0. The lowest BCUT2D eigenvalue weighted by Crippen LogP contribution is -2.08. The van der Waals surface area contributed by atoms with Gasteiger partial charge >= 0.3 is 5.97 Å². The van der Waals surface area contributed by atoms with Crippen LogP contribution in [0.2, 0.25) is 0 Å². The van der Waals surface area contributed by atoms with Gasteiger partial charge in [-0.3, -0.25) is 4.21 Å². The Kier molecular flexibility index (Phi) is 5.87. The lowest BCUT2D eigenvalue weighted by Gasteiger charge is -2.07. The maximum Gasteiger partial charge on any atom is 0.338 e. The fourth-order valence-corrected chi connectivity index (χ4v) is 4.30. The van der Waals surface area contributed by atoms with Gasteiger partial charge in [-0.25, -0.2) is 4.79 Å². The van der Waals surface area contributed by atoms with E-state index in [2.05, 4.69) is 6.92 Å². The number of esters is 1. The Labute approximate surface area is 150 Å². The first kappa shape index (κ1) is 17.7. The molecule has 1 heterocycles. The molecule has 0 spiro atoms. The molecule has 25 heavy (non-hydrogen) atoms. The zero-order chi connectivity index (χ0) is 17.6. The summed E-state index contributed by atoms with van der Waals surface area (Å²) in [7, 11) is -0.742. The number of benzene rings is 2. The third-order valence-electron chi connectivity index (χ3n) is 4.23. The first-order chi connectivity index (χ1) is 12.2. The number of rotatable bonds is 8. The molecule has 1 unspecified atom stereocenters. The minimum atomic E-state index is -0.742. The molecule has 1 fully saturated rings. The van der Waals surface area contributed by atoms with Crippen molar-refractivity contribution >= 4 is 16.8 Å². The van der Waals surface area contributed by atoms with Crippen LogP contribution in [-0.2, 0) is 22.1 Å². The van der Waals surface area contributed by atoms with Crippen molar-refractivity contribution in [3.63, 3.8) is 0 Å². The van der Waals surface area contributed by atoms with E-state index in [4.69, 9.17) is 9.47 Å². The second-order valence-electron chi connectivity index (χ2n) is 6.09. The number of ether oxygens (including phenoxy) is 2. The summed E-state index contributed by atoms with van der Waals surface area (Å²) in [5.74, 6) is 0.320. The van der Waals surface area contributed by atoms with Crippen molar-refractivity contribution in [1.29, 1.82) is 0 Å². The van der Waals surface area contributed by atoms with E-state index < -0.39 is 10.8 Å². The van der Waals surface area contributed by atoms with Crippen LogP contribution in [0, 0.1) is 0 Å². The standard InChI is InChI=1S/C20H22O4S/c1-2-6-18-19(25(18)22)14-23-17-11-9-16(10-12-17)20(21)24-13-15-7-4-3-5-8-15/h3-5,7-12,18-19H,2,6,13-14H2,1H3/t18-,19+,25?/m0/s1. The molecule has 4 nitrogen and oxygen atoms in total. The third-order valence-corrected chi connectivity index (χ3v) is 6.13. The van der Waals surface area contributed by atoms with Crippen LogP contribution >= 0.6 is 0 Å². The van der Waals surface area contributed by atoms with Crippen molar-refractivity contribution in [3.8, 4) is 5.75 Å². The van der Waals surface area contributed by atoms with Gasteiger partial charge < -0.3 is 9.47 Å². The highest BCUT2D eigenvalue weighted by atomic mass is 32.2. The van der Waals surface area contributed by atoms with E-state index in [0.717, 1.165) is 18.4 Å². The minimum Gasteiger partial charge on any atom is -0.492 e. The highest BCUT2D eigenvalue weighted by Crippen LogP contribution is 2.32. The van der Waals surface area contributed by atoms with E-state index in [1.54, 1.807) is 24.3 Å². The fourth-order valence-electron chi connectivity index (χ4n) is 2.71. The molecule has 1 aliphatic rings. The van der Waals surface area contributed by atoms with Crippen LogP contribution in [0.5, 0.6) is 5.75 Å². The number of carbonyl (C=O) groups excluding carboxylic acids is 1. The average Bonchev–Trinajstić information content (AvgIpc) is 3.27. The molecule has 3 atom stereocenters. The van der Waals surface area contributed by atoms with Gasteiger partial charge in [0.15, 0.2) is 0 Å². The molecule has 2 aromatic carbocycles. The van der Waals surface area contributed by atoms with Gasteiger partial charge in [0.1, 0.15) is 19.0 Å². The van der Waals surface area contributed by atoms with Crippen LogP contribution in [0.15, 0.2) is 54.6 Å². The highest BCUT2D eigenvalue weighted by molar-refractivity contribution is 7.93. The Morgan fingerprint density at radius 3 is 2.44 bits per heavy atom. The molecule has 0 radical (unpaired) electrons. The first-order valence-corrected chi connectivity index (χ1v) is 9.80. The fraction of sp³-hybridized carbons (Fsp3) is 0.350. The number of hydrogen-bond donors (Lipinski definition) is 0. The third kappa shape index (κ3) is 4.69. The average molecular weight is 358 g/mol. The molecule has 2 aromatic rings. The summed E-state index contributed by atoms with van der Waals surface area (Å²) in [4.78, 5) is 12.1. The molecule has 132 valence electrons. The van der Waals surface area contributed by atoms with Crippen LogP contribution in [0.1, 0.15) is 35.7 Å². The van der Waals surface area contributed by atoms with E-state index >= 15 is 0 Å². The molecular formula is C20H22O4S. The maximum atomic E-state index is 12.1. The summed E-state index contributed by atoms with van der Waals surface area (Å²) in [6.07, 6.45) is 2.04. The van der Waals surface area contributed by atoms with Gasteiger partial charge in [-0.1, -0.05) is 43.7 Å². The van der Waals surface area contributed by atoms with Gasteiger partial charge in [0, 0.05) is 10.8 Å². The van der Waals surface area contributed by atoms with Crippen molar-refractivity contribution in [1.82, 2.24) is 0 Å². The van der Waals surface area contributed by atoms with Crippen LogP contribution < -0.4 is 4.74 Å². The zero-order valence-electron chi connectivity index (χ0n) is 14.2. The lowest BCUT2D eigenvalue weighted by molar-refractivity contribution is 0.0472. The number of hydrogen-bond acceptors (Lipinski definition) is 4. The molecule has 5 heteroatoms. The van der Waals surface area contributed by atoms with Crippen LogP contribution in [0.4, 0.5) is 0 Å².